The molecular formula is C6H10NO3S+. The number of ether oxygens (including phenoxy) is 1. The van der Waals surface area contributed by atoms with Crippen molar-refractivity contribution in [2.24, 2.45) is 4.99 Å². The third kappa shape index (κ3) is 1.94. The molecule has 0 aliphatic carbocycles. The number of esters is 1. The van der Waals surface area contributed by atoms with E-state index in [-0.39, 0.29) is 0 Å². The summed E-state index contributed by atoms with van der Waals surface area (Å²) in [5, 5.41) is -0.534. The quantitative estimate of drug-likeness (QED) is 0.441. The fraction of sp³-hybridized carbons (Fsp3) is 0.667. The Morgan fingerprint density at radius 2 is 2.64 bits per heavy atom. The molecule has 0 spiro atoms. The highest BCUT2D eigenvalue weighted by molar-refractivity contribution is 7.93. The second-order valence-electron chi connectivity index (χ2n) is 2.10. The molecule has 62 valence electrons. The zero-order valence-electron chi connectivity index (χ0n) is 6.19. The number of hydrogen-bond donors (Lipinski definition) is 1. The van der Waals surface area contributed by atoms with Crippen molar-refractivity contribution < 1.29 is 14.1 Å². The first-order valence-electron chi connectivity index (χ1n) is 3.22. The van der Waals surface area contributed by atoms with Gasteiger partial charge in [-0.2, -0.15) is 4.55 Å². The smallest absolute Gasteiger partial charge is 0.368 e. The van der Waals surface area contributed by atoms with Crippen LogP contribution in [0.25, 0.3) is 0 Å². The van der Waals surface area contributed by atoms with Crippen molar-refractivity contribution in [2.75, 3.05) is 19.4 Å². The van der Waals surface area contributed by atoms with E-state index in [2.05, 4.69) is 9.73 Å². The maximum absolute atomic E-state index is 10.9. The lowest BCUT2D eigenvalue weighted by Crippen LogP contribution is -2.37. The largest absolute Gasteiger partial charge is 0.465 e. The van der Waals surface area contributed by atoms with Crippen molar-refractivity contribution >= 4 is 23.4 Å². The van der Waals surface area contributed by atoms with Crippen molar-refractivity contribution in [1.82, 2.24) is 0 Å². The number of aliphatic imine (C=N–C) groups is 1. The molecule has 0 fully saturated rings. The molecule has 11 heavy (non-hydrogen) atoms. The number of methoxy groups -OCH3 is 1. The van der Waals surface area contributed by atoms with Crippen molar-refractivity contribution in [3.05, 3.63) is 0 Å². The number of nitrogens with zero attached hydrogens (tertiary/aromatic N) is 1. The second kappa shape index (κ2) is 3.73. The summed E-state index contributed by atoms with van der Waals surface area (Å²) in [6, 6.07) is 0. The highest BCUT2D eigenvalue weighted by Gasteiger charge is 2.38. The molecule has 0 saturated carbocycles. The van der Waals surface area contributed by atoms with Gasteiger partial charge in [-0.3, -0.25) is 4.99 Å². The molecule has 1 rings (SSSR count). The predicted molar refractivity (Wildman–Crippen MR) is 44.0 cm³/mol. The lowest BCUT2D eigenvalue weighted by atomic mass is 10.4. The van der Waals surface area contributed by atoms with Gasteiger partial charge in [0.25, 0.3) is 5.25 Å². The Balaban J connectivity index is 2.61. The Hall–Kier alpha value is -0.550. The third-order valence-corrected chi connectivity index (χ3v) is 2.90. The van der Waals surface area contributed by atoms with E-state index in [1.165, 1.54) is 13.3 Å². The van der Waals surface area contributed by atoms with Crippen LogP contribution in [0.1, 0.15) is 0 Å². The number of carbonyl (C=O) groups is 1. The molecule has 0 aromatic heterocycles. The van der Waals surface area contributed by atoms with Crippen molar-refractivity contribution in [3.63, 3.8) is 0 Å². The van der Waals surface area contributed by atoms with Crippen LogP contribution in [0.15, 0.2) is 4.99 Å². The molecule has 4 nitrogen and oxygen atoms in total. The highest BCUT2D eigenvalue weighted by atomic mass is 32.2. The molecule has 1 N–H and O–H groups in total. The van der Waals surface area contributed by atoms with E-state index in [1.807, 2.05) is 0 Å². The lowest BCUT2D eigenvalue weighted by Gasteiger charge is -2.09. The van der Waals surface area contributed by atoms with E-state index in [0.29, 0.717) is 12.3 Å². The summed E-state index contributed by atoms with van der Waals surface area (Å²) in [7, 11) is 1.31. The molecule has 0 aromatic rings. The van der Waals surface area contributed by atoms with E-state index < -0.39 is 22.4 Å². The van der Waals surface area contributed by atoms with Crippen LogP contribution < -0.4 is 0 Å². The maximum atomic E-state index is 10.9. The van der Waals surface area contributed by atoms with E-state index in [9.17, 15) is 9.35 Å². The average molecular weight is 176 g/mol. The second-order valence-corrected chi connectivity index (χ2v) is 3.82. The van der Waals surface area contributed by atoms with Gasteiger partial charge in [0.15, 0.2) is 16.9 Å². The summed E-state index contributed by atoms with van der Waals surface area (Å²) in [5.41, 5.74) is 0. The molecular weight excluding hydrogens is 166 g/mol. The van der Waals surface area contributed by atoms with Gasteiger partial charge in [-0.25, -0.2) is 4.79 Å². The van der Waals surface area contributed by atoms with Crippen molar-refractivity contribution in [3.8, 4) is 0 Å². The number of carbonyl (C=O) groups excluding carboxylic acids is 1. The standard InChI is InChI=1S/C6H10NO3S/c1-10-6(8)5-4-7-2-3-11(5)9/h4-5,9H,2-3H2,1H3/q+1/t5-,11?/m0/s1. The lowest BCUT2D eigenvalue weighted by molar-refractivity contribution is -0.138. The minimum Gasteiger partial charge on any atom is -0.465 e. The first-order chi connectivity index (χ1) is 5.25. The van der Waals surface area contributed by atoms with Crippen LogP contribution in [0.3, 0.4) is 0 Å². The van der Waals surface area contributed by atoms with Gasteiger partial charge in [0.1, 0.15) is 0 Å². The molecule has 0 amide bonds. The molecule has 1 aliphatic heterocycles. The Labute approximate surface area is 67.8 Å². The van der Waals surface area contributed by atoms with Crippen LogP contribution in [0.5, 0.6) is 0 Å². The molecule has 5 heteroatoms. The summed E-state index contributed by atoms with van der Waals surface area (Å²) in [5.74, 6) is 0.162. The number of rotatable bonds is 1. The summed E-state index contributed by atoms with van der Waals surface area (Å²) >= 11 is -0.882. The van der Waals surface area contributed by atoms with E-state index in [0.717, 1.165) is 0 Å². The molecule has 0 saturated heterocycles. The molecule has 0 radical (unpaired) electrons. The topological polar surface area (TPSA) is 58.9 Å². The van der Waals surface area contributed by atoms with Crippen LogP contribution in [0, 0.1) is 0 Å². The van der Waals surface area contributed by atoms with Crippen LogP contribution in [-0.2, 0) is 20.7 Å². The van der Waals surface area contributed by atoms with Gasteiger partial charge in [-0.05, 0) is 0 Å². The van der Waals surface area contributed by atoms with E-state index in [4.69, 9.17) is 0 Å². The summed E-state index contributed by atoms with van der Waals surface area (Å²) < 4.78 is 13.8. The fourth-order valence-corrected chi connectivity index (χ4v) is 1.89. The van der Waals surface area contributed by atoms with Crippen LogP contribution in [-0.4, -0.2) is 41.4 Å². The van der Waals surface area contributed by atoms with Crippen molar-refractivity contribution in [2.45, 2.75) is 5.25 Å². The fourth-order valence-electron chi connectivity index (χ4n) is 0.802. The minimum absolute atomic E-state index is 0.403. The van der Waals surface area contributed by atoms with Crippen molar-refractivity contribution in [1.29, 1.82) is 0 Å². The first kappa shape index (κ1) is 8.55. The molecule has 0 bridgehead atoms. The molecule has 1 heterocycles. The minimum atomic E-state index is -0.882. The molecule has 0 aromatic carbocycles. The Bertz CT molecular complexity index is 183. The molecule has 2 atom stereocenters. The van der Waals surface area contributed by atoms with Gasteiger partial charge in [0.05, 0.1) is 19.9 Å². The Kier molecular flexibility index (Phi) is 2.90. The zero-order valence-corrected chi connectivity index (χ0v) is 7.00. The molecule has 1 unspecified atom stereocenters. The van der Waals surface area contributed by atoms with Gasteiger partial charge in [-0.15, -0.1) is 0 Å². The van der Waals surface area contributed by atoms with Gasteiger partial charge in [-0.1, -0.05) is 0 Å². The highest BCUT2D eigenvalue weighted by Crippen LogP contribution is 2.07. The Morgan fingerprint density at radius 1 is 1.91 bits per heavy atom. The van der Waals surface area contributed by atoms with E-state index >= 15 is 0 Å². The van der Waals surface area contributed by atoms with Gasteiger partial charge in [0, 0.05) is 0 Å². The summed E-state index contributed by atoms with van der Waals surface area (Å²) in [4.78, 5) is 14.8. The summed E-state index contributed by atoms with van der Waals surface area (Å²) in [6.45, 7) is 0.604. The van der Waals surface area contributed by atoms with Crippen LogP contribution in [0.4, 0.5) is 0 Å². The third-order valence-electron chi connectivity index (χ3n) is 1.40. The summed E-state index contributed by atoms with van der Waals surface area (Å²) in [6.07, 6.45) is 1.47. The van der Waals surface area contributed by atoms with E-state index in [1.54, 1.807) is 0 Å². The van der Waals surface area contributed by atoms with Crippen LogP contribution >= 0.6 is 0 Å². The monoisotopic (exact) mass is 176 g/mol. The Morgan fingerprint density at radius 3 is 3.18 bits per heavy atom. The normalized spacial score (nSPS) is 30.0. The predicted octanol–water partition coefficient (Wildman–Crippen LogP) is -0.296. The van der Waals surface area contributed by atoms with Gasteiger partial charge < -0.3 is 4.74 Å². The zero-order chi connectivity index (χ0) is 8.27. The SMILES string of the molecule is COC(=O)[C@@H]1C=NCC[S+]1O. The van der Waals surface area contributed by atoms with Gasteiger partial charge >= 0.3 is 5.97 Å². The van der Waals surface area contributed by atoms with Crippen LogP contribution in [0.2, 0.25) is 0 Å². The van der Waals surface area contributed by atoms with Gasteiger partial charge in [0.2, 0.25) is 0 Å². The first-order valence-corrected chi connectivity index (χ1v) is 4.63. The molecule has 1 aliphatic rings. The average Bonchev–Trinajstić information content (AvgIpc) is 2.04. The maximum Gasteiger partial charge on any atom is 0.368 e. The number of hydrogen-bond acceptors (Lipinski definition) is 4.